The van der Waals surface area contributed by atoms with Gasteiger partial charge in [-0.05, 0) is 35.4 Å². The van der Waals surface area contributed by atoms with Gasteiger partial charge in [-0.2, -0.15) is 0 Å². The van der Waals surface area contributed by atoms with Crippen LogP contribution in [0.5, 0.6) is 0 Å². The summed E-state index contributed by atoms with van der Waals surface area (Å²) >= 11 is -2.31. The Morgan fingerprint density at radius 2 is 1.71 bits per heavy atom. The van der Waals surface area contributed by atoms with E-state index in [9.17, 15) is 8.76 Å². The largest absolute Gasteiger partial charge is 0.755 e. The molecule has 0 fully saturated rings. The van der Waals surface area contributed by atoms with Crippen molar-refractivity contribution in [2.45, 2.75) is 0 Å². The number of benzene rings is 2. The second kappa shape index (κ2) is 4.99. The van der Waals surface area contributed by atoms with Crippen molar-refractivity contribution in [3.63, 3.8) is 0 Å². The summed E-state index contributed by atoms with van der Waals surface area (Å²) in [6.07, 6.45) is 0. The monoisotopic (exact) mass is 247 g/mol. The Hall–Kier alpha value is -1.85. The highest BCUT2D eigenvalue weighted by atomic mass is 32.2. The van der Waals surface area contributed by atoms with Crippen molar-refractivity contribution in [1.29, 1.82) is 0 Å². The zero-order valence-electron chi connectivity index (χ0n) is 8.92. The Morgan fingerprint density at radius 3 is 2.35 bits per heavy atom. The molecule has 0 saturated heterocycles. The third kappa shape index (κ3) is 3.05. The zero-order valence-corrected chi connectivity index (χ0v) is 9.74. The van der Waals surface area contributed by atoms with E-state index in [4.69, 9.17) is 5.73 Å². The molecule has 1 unspecified atom stereocenters. The lowest BCUT2D eigenvalue weighted by atomic mass is 10.0. The Balaban J connectivity index is 2.36. The van der Waals surface area contributed by atoms with Gasteiger partial charge in [0.15, 0.2) is 0 Å². The van der Waals surface area contributed by atoms with Crippen LogP contribution >= 0.6 is 0 Å². The minimum absolute atomic E-state index is 0.526. The molecule has 0 saturated carbocycles. The molecule has 0 heterocycles. The van der Waals surface area contributed by atoms with Gasteiger partial charge in [0.1, 0.15) is 0 Å². The van der Waals surface area contributed by atoms with Crippen LogP contribution in [0, 0.1) is 0 Å². The summed E-state index contributed by atoms with van der Waals surface area (Å²) < 4.78 is 23.4. The molecule has 0 amide bonds. The van der Waals surface area contributed by atoms with Crippen LogP contribution in [0.4, 0.5) is 11.4 Å². The highest BCUT2D eigenvalue weighted by Gasteiger charge is 1.99. The SMILES string of the molecule is Nc1cccc(-c2cccc(NS(=O)[O-])c2)c1. The molecule has 2 aromatic rings. The van der Waals surface area contributed by atoms with Gasteiger partial charge in [-0.25, -0.2) is 0 Å². The number of hydrogen-bond acceptors (Lipinski definition) is 3. The van der Waals surface area contributed by atoms with Gasteiger partial charge in [-0.1, -0.05) is 24.3 Å². The van der Waals surface area contributed by atoms with Crippen LogP contribution < -0.4 is 10.5 Å². The van der Waals surface area contributed by atoms with Crippen LogP contribution in [0.25, 0.3) is 11.1 Å². The van der Waals surface area contributed by atoms with Gasteiger partial charge in [0.2, 0.25) is 0 Å². The van der Waals surface area contributed by atoms with Crippen molar-refractivity contribution >= 4 is 22.6 Å². The minimum atomic E-state index is -2.31. The number of nitrogens with two attached hydrogens (primary N) is 1. The van der Waals surface area contributed by atoms with Crippen molar-refractivity contribution in [2.75, 3.05) is 10.5 Å². The van der Waals surface area contributed by atoms with E-state index in [2.05, 4.69) is 4.72 Å². The molecule has 5 heteroatoms. The molecule has 0 radical (unpaired) electrons. The standard InChI is InChI=1S/C12H12N2O2S/c13-11-5-1-3-9(7-11)10-4-2-6-12(8-10)14-17(15)16/h1-8,14H,13H2,(H,15,16)/p-1. The zero-order chi connectivity index (χ0) is 12.3. The average molecular weight is 247 g/mol. The highest BCUT2D eigenvalue weighted by molar-refractivity contribution is 7.80. The fourth-order valence-electron chi connectivity index (χ4n) is 1.58. The first kappa shape index (κ1) is 11.6. The topological polar surface area (TPSA) is 78.2 Å². The van der Waals surface area contributed by atoms with Crippen molar-refractivity contribution in [3.05, 3.63) is 48.5 Å². The smallest absolute Gasteiger partial charge is 0.0458 e. The van der Waals surface area contributed by atoms with Crippen LogP contribution in [0.2, 0.25) is 0 Å². The number of nitrogens with one attached hydrogen (secondary N) is 1. The molecule has 2 rings (SSSR count). The van der Waals surface area contributed by atoms with Crippen molar-refractivity contribution < 1.29 is 8.76 Å². The summed E-state index contributed by atoms with van der Waals surface area (Å²) in [7, 11) is 0. The van der Waals surface area contributed by atoms with Gasteiger partial charge in [-0.15, -0.1) is 0 Å². The van der Waals surface area contributed by atoms with Gasteiger partial charge >= 0.3 is 0 Å². The molecule has 0 bridgehead atoms. The molecule has 88 valence electrons. The maximum Gasteiger partial charge on any atom is 0.0458 e. The predicted molar refractivity (Wildman–Crippen MR) is 68.8 cm³/mol. The normalized spacial score (nSPS) is 12.1. The van der Waals surface area contributed by atoms with E-state index < -0.39 is 11.3 Å². The third-order valence-electron chi connectivity index (χ3n) is 2.28. The molecule has 0 aliphatic heterocycles. The van der Waals surface area contributed by atoms with E-state index in [1.54, 1.807) is 24.3 Å². The number of anilines is 2. The Labute approximate surface area is 102 Å². The van der Waals surface area contributed by atoms with E-state index in [0.717, 1.165) is 11.1 Å². The Morgan fingerprint density at radius 1 is 1.06 bits per heavy atom. The number of nitrogen functional groups attached to an aromatic ring is 1. The lowest BCUT2D eigenvalue weighted by Crippen LogP contribution is -2.01. The van der Waals surface area contributed by atoms with Crippen LogP contribution in [0.15, 0.2) is 48.5 Å². The first-order valence-electron chi connectivity index (χ1n) is 4.97. The highest BCUT2D eigenvalue weighted by Crippen LogP contribution is 2.24. The van der Waals surface area contributed by atoms with E-state index in [0.29, 0.717) is 11.4 Å². The lowest BCUT2D eigenvalue weighted by Gasteiger charge is -2.10. The lowest BCUT2D eigenvalue weighted by molar-refractivity contribution is 0.542. The molecule has 0 aliphatic rings. The number of rotatable bonds is 3. The summed E-state index contributed by atoms with van der Waals surface area (Å²) in [6.45, 7) is 0. The molecule has 2 aromatic carbocycles. The van der Waals surface area contributed by atoms with Gasteiger partial charge in [-0.3, -0.25) is 4.21 Å². The van der Waals surface area contributed by atoms with Crippen molar-refractivity contribution in [2.24, 2.45) is 0 Å². The summed E-state index contributed by atoms with van der Waals surface area (Å²) in [5.74, 6) is 0. The first-order valence-corrected chi connectivity index (χ1v) is 6.04. The third-order valence-corrected chi connectivity index (χ3v) is 2.69. The van der Waals surface area contributed by atoms with Gasteiger partial charge < -0.3 is 15.0 Å². The van der Waals surface area contributed by atoms with E-state index in [-0.39, 0.29) is 0 Å². The molecular weight excluding hydrogens is 236 g/mol. The average Bonchev–Trinajstić information content (AvgIpc) is 2.28. The first-order chi connectivity index (χ1) is 8.15. The Kier molecular flexibility index (Phi) is 3.41. The van der Waals surface area contributed by atoms with E-state index >= 15 is 0 Å². The summed E-state index contributed by atoms with van der Waals surface area (Å²) in [5, 5.41) is 0. The van der Waals surface area contributed by atoms with E-state index in [1.807, 2.05) is 24.3 Å². The van der Waals surface area contributed by atoms with Crippen LogP contribution in [0.3, 0.4) is 0 Å². The van der Waals surface area contributed by atoms with Crippen molar-refractivity contribution in [1.82, 2.24) is 0 Å². The van der Waals surface area contributed by atoms with Gasteiger partial charge in [0, 0.05) is 22.6 Å². The maximum absolute atomic E-state index is 10.5. The predicted octanol–water partition coefficient (Wildman–Crippen LogP) is 2.14. The van der Waals surface area contributed by atoms with Crippen LogP contribution in [-0.4, -0.2) is 8.76 Å². The summed E-state index contributed by atoms with van der Waals surface area (Å²) in [6, 6.07) is 14.5. The van der Waals surface area contributed by atoms with E-state index in [1.165, 1.54) is 0 Å². The molecule has 0 aromatic heterocycles. The van der Waals surface area contributed by atoms with Gasteiger partial charge in [0.25, 0.3) is 0 Å². The maximum atomic E-state index is 10.5. The van der Waals surface area contributed by atoms with Crippen LogP contribution in [-0.2, 0) is 11.3 Å². The second-order valence-electron chi connectivity index (χ2n) is 3.54. The molecule has 4 nitrogen and oxygen atoms in total. The van der Waals surface area contributed by atoms with Gasteiger partial charge in [0.05, 0.1) is 0 Å². The second-order valence-corrected chi connectivity index (χ2v) is 4.22. The fourth-order valence-corrected chi connectivity index (χ4v) is 1.90. The molecular formula is C12H11N2O2S-. The number of hydrogen-bond donors (Lipinski definition) is 2. The molecule has 3 N–H and O–H groups in total. The molecule has 0 spiro atoms. The Bertz CT molecular complexity index is 558. The molecule has 17 heavy (non-hydrogen) atoms. The minimum Gasteiger partial charge on any atom is -0.755 e. The summed E-state index contributed by atoms with van der Waals surface area (Å²) in [4.78, 5) is 0. The quantitative estimate of drug-likeness (QED) is 0.644. The summed E-state index contributed by atoms with van der Waals surface area (Å²) in [5.41, 5.74) is 8.76. The fraction of sp³-hybridized carbons (Fsp3) is 0. The molecule has 1 atom stereocenters. The molecule has 0 aliphatic carbocycles. The van der Waals surface area contributed by atoms with Crippen molar-refractivity contribution in [3.8, 4) is 11.1 Å². The van der Waals surface area contributed by atoms with Crippen LogP contribution in [0.1, 0.15) is 0 Å².